The highest BCUT2D eigenvalue weighted by Gasteiger charge is 2.52. The number of fused-ring (bicyclic) bond motifs is 2. The maximum Gasteiger partial charge on any atom is 0.230 e. The third-order valence-electron chi connectivity index (χ3n) is 5.37. The Morgan fingerprint density at radius 2 is 1.95 bits per heavy atom. The molecule has 2 atom stereocenters. The summed E-state index contributed by atoms with van der Waals surface area (Å²) in [4.78, 5) is 12.8. The van der Waals surface area contributed by atoms with E-state index in [2.05, 4.69) is 38.7 Å². The smallest absolute Gasteiger partial charge is 0.230 e. The minimum Gasteiger partial charge on any atom is -0.352 e. The van der Waals surface area contributed by atoms with E-state index in [1.165, 1.54) is 12.8 Å². The van der Waals surface area contributed by atoms with Crippen molar-refractivity contribution in [3.05, 3.63) is 34.3 Å². The molecular weight excluding hydrogens is 328 g/mol. The number of carbonyl (C=O) groups is 1. The van der Waals surface area contributed by atoms with Crippen LogP contribution in [0, 0.1) is 0 Å². The summed E-state index contributed by atoms with van der Waals surface area (Å²) in [6, 6.07) is 9.83. The maximum absolute atomic E-state index is 12.8. The maximum atomic E-state index is 12.8. The standard InChI is InChI=1S/C17H21BrN2O/c18-12-3-1-2-11(8-12)17(6-7-17)16(21)20-15-9-13-4-5-14(10-15)19-13/h1-3,8,13-15,19H,4-7,9-10H2,(H,20,21). The Bertz CT molecular complexity index is 558. The molecule has 1 saturated carbocycles. The summed E-state index contributed by atoms with van der Waals surface area (Å²) in [7, 11) is 0. The van der Waals surface area contributed by atoms with E-state index in [0.29, 0.717) is 18.1 Å². The Labute approximate surface area is 134 Å². The first-order chi connectivity index (χ1) is 10.2. The molecule has 2 heterocycles. The van der Waals surface area contributed by atoms with Gasteiger partial charge in [0.05, 0.1) is 5.41 Å². The average molecular weight is 349 g/mol. The van der Waals surface area contributed by atoms with Gasteiger partial charge in [-0.2, -0.15) is 0 Å². The SMILES string of the molecule is O=C(NC1CC2CCC(C1)N2)C1(c2cccc(Br)c2)CC1. The molecule has 0 aromatic heterocycles. The molecule has 2 bridgehead atoms. The predicted octanol–water partition coefficient (Wildman–Crippen LogP) is 2.88. The number of carbonyl (C=O) groups excluding carboxylic acids is 1. The summed E-state index contributed by atoms with van der Waals surface area (Å²) in [5.41, 5.74) is 0.902. The number of benzene rings is 1. The highest BCUT2D eigenvalue weighted by molar-refractivity contribution is 9.10. The molecule has 2 unspecified atom stereocenters. The van der Waals surface area contributed by atoms with Gasteiger partial charge >= 0.3 is 0 Å². The molecule has 2 aliphatic heterocycles. The van der Waals surface area contributed by atoms with Gasteiger partial charge in [0.2, 0.25) is 5.91 Å². The molecule has 3 nitrogen and oxygen atoms in total. The van der Waals surface area contributed by atoms with Crippen molar-refractivity contribution in [3.8, 4) is 0 Å². The molecule has 112 valence electrons. The molecule has 1 aromatic rings. The van der Waals surface area contributed by atoms with E-state index in [1.54, 1.807) is 0 Å². The lowest BCUT2D eigenvalue weighted by molar-refractivity contribution is -0.124. The van der Waals surface area contributed by atoms with E-state index in [0.717, 1.165) is 35.7 Å². The van der Waals surface area contributed by atoms with Gasteiger partial charge < -0.3 is 10.6 Å². The van der Waals surface area contributed by atoms with Gasteiger partial charge in [0.15, 0.2) is 0 Å². The summed E-state index contributed by atoms with van der Waals surface area (Å²) in [5, 5.41) is 6.98. The second kappa shape index (κ2) is 5.10. The molecule has 4 heteroatoms. The van der Waals surface area contributed by atoms with Crippen LogP contribution in [0.5, 0.6) is 0 Å². The van der Waals surface area contributed by atoms with Gasteiger partial charge in [0.25, 0.3) is 0 Å². The average Bonchev–Trinajstić information content (AvgIpc) is 3.21. The van der Waals surface area contributed by atoms with Crippen LogP contribution in [-0.2, 0) is 10.2 Å². The molecule has 3 aliphatic rings. The van der Waals surface area contributed by atoms with E-state index < -0.39 is 0 Å². The third-order valence-corrected chi connectivity index (χ3v) is 5.86. The Kier molecular flexibility index (Phi) is 3.34. The third kappa shape index (κ3) is 2.53. The van der Waals surface area contributed by atoms with Crippen LogP contribution in [0.2, 0.25) is 0 Å². The quantitative estimate of drug-likeness (QED) is 0.881. The van der Waals surface area contributed by atoms with E-state index in [4.69, 9.17) is 0 Å². The fourth-order valence-corrected chi connectivity index (χ4v) is 4.46. The monoisotopic (exact) mass is 348 g/mol. The van der Waals surface area contributed by atoms with Crippen LogP contribution >= 0.6 is 15.9 Å². The zero-order valence-corrected chi connectivity index (χ0v) is 13.7. The lowest BCUT2D eigenvalue weighted by Gasteiger charge is -2.31. The van der Waals surface area contributed by atoms with Crippen molar-refractivity contribution < 1.29 is 4.79 Å². The van der Waals surface area contributed by atoms with Crippen molar-refractivity contribution in [1.29, 1.82) is 0 Å². The van der Waals surface area contributed by atoms with Gasteiger partial charge in [-0.3, -0.25) is 4.79 Å². The molecule has 3 fully saturated rings. The molecule has 2 N–H and O–H groups in total. The molecule has 4 rings (SSSR count). The Hall–Kier alpha value is -0.870. The van der Waals surface area contributed by atoms with Crippen molar-refractivity contribution in [3.63, 3.8) is 0 Å². The van der Waals surface area contributed by atoms with Crippen molar-refractivity contribution >= 4 is 21.8 Å². The number of halogens is 1. The van der Waals surface area contributed by atoms with Crippen LogP contribution in [-0.4, -0.2) is 24.0 Å². The number of hydrogen-bond donors (Lipinski definition) is 2. The topological polar surface area (TPSA) is 41.1 Å². The van der Waals surface area contributed by atoms with Crippen molar-refractivity contribution in [2.75, 3.05) is 0 Å². The minimum absolute atomic E-state index is 0.243. The van der Waals surface area contributed by atoms with Crippen LogP contribution in [0.3, 0.4) is 0 Å². The summed E-state index contributed by atoms with van der Waals surface area (Å²) in [6.45, 7) is 0. The van der Waals surface area contributed by atoms with Gasteiger partial charge in [-0.05, 0) is 56.2 Å². The fourth-order valence-electron chi connectivity index (χ4n) is 4.06. The van der Waals surface area contributed by atoms with Crippen LogP contribution in [0.1, 0.15) is 44.1 Å². The number of piperidine rings is 1. The number of rotatable bonds is 3. The largest absolute Gasteiger partial charge is 0.352 e. The second-order valence-corrected chi connectivity index (χ2v) is 7.79. The second-order valence-electron chi connectivity index (χ2n) is 6.87. The first-order valence-corrected chi connectivity index (χ1v) is 8.78. The van der Waals surface area contributed by atoms with Gasteiger partial charge in [0.1, 0.15) is 0 Å². The normalized spacial score (nSPS) is 32.7. The first kappa shape index (κ1) is 13.8. The molecule has 2 saturated heterocycles. The number of amides is 1. The molecular formula is C17H21BrN2O. The van der Waals surface area contributed by atoms with Crippen molar-refractivity contribution in [2.24, 2.45) is 0 Å². The molecule has 1 amide bonds. The van der Waals surface area contributed by atoms with Gasteiger partial charge in [0, 0.05) is 22.6 Å². The summed E-state index contributed by atoms with van der Waals surface area (Å²) < 4.78 is 1.05. The highest BCUT2D eigenvalue weighted by atomic mass is 79.9. The van der Waals surface area contributed by atoms with Crippen LogP contribution in [0.4, 0.5) is 0 Å². The van der Waals surface area contributed by atoms with Crippen LogP contribution in [0.25, 0.3) is 0 Å². The molecule has 0 radical (unpaired) electrons. The predicted molar refractivity (Wildman–Crippen MR) is 86.2 cm³/mol. The van der Waals surface area contributed by atoms with E-state index in [9.17, 15) is 4.79 Å². The lowest BCUT2D eigenvalue weighted by Crippen LogP contribution is -2.50. The van der Waals surface area contributed by atoms with Crippen molar-refractivity contribution in [1.82, 2.24) is 10.6 Å². The summed E-state index contributed by atoms with van der Waals surface area (Å²) >= 11 is 3.51. The van der Waals surface area contributed by atoms with E-state index >= 15 is 0 Å². The molecule has 0 spiro atoms. The Morgan fingerprint density at radius 3 is 2.57 bits per heavy atom. The molecule has 1 aromatic carbocycles. The minimum atomic E-state index is -0.256. The van der Waals surface area contributed by atoms with Crippen LogP contribution in [0.15, 0.2) is 28.7 Å². The zero-order valence-electron chi connectivity index (χ0n) is 12.1. The zero-order chi connectivity index (χ0) is 14.4. The lowest BCUT2D eigenvalue weighted by atomic mass is 9.93. The van der Waals surface area contributed by atoms with E-state index in [1.807, 2.05) is 12.1 Å². The molecule has 21 heavy (non-hydrogen) atoms. The summed E-state index contributed by atoms with van der Waals surface area (Å²) in [6.07, 6.45) is 6.69. The molecule has 1 aliphatic carbocycles. The Balaban J connectivity index is 1.47. The van der Waals surface area contributed by atoms with Crippen LogP contribution < -0.4 is 10.6 Å². The summed E-state index contributed by atoms with van der Waals surface area (Å²) in [5.74, 6) is 0.243. The van der Waals surface area contributed by atoms with Gasteiger partial charge in [-0.1, -0.05) is 28.1 Å². The van der Waals surface area contributed by atoms with Gasteiger partial charge in [-0.25, -0.2) is 0 Å². The Morgan fingerprint density at radius 1 is 1.24 bits per heavy atom. The van der Waals surface area contributed by atoms with Gasteiger partial charge in [-0.15, -0.1) is 0 Å². The van der Waals surface area contributed by atoms with E-state index in [-0.39, 0.29) is 11.3 Å². The fraction of sp³-hybridized carbons (Fsp3) is 0.588. The first-order valence-electron chi connectivity index (χ1n) is 7.99. The number of nitrogens with one attached hydrogen (secondary N) is 2. The van der Waals surface area contributed by atoms with Crippen molar-refractivity contribution in [2.45, 2.75) is 62.1 Å². The highest BCUT2D eigenvalue weighted by Crippen LogP contribution is 2.49. The number of hydrogen-bond acceptors (Lipinski definition) is 2.